The number of fused-ring (bicyclic) bond motifs is 7. The Bertz CT molecular complexity index is 1020. The van der Waals surface area contributed by atoms with Gasteiger partial charge in [-0.3, -0.25) is 9.59 Å². The Morgan fingerprint density at radius 2 is 1.64 bits per heavy atom. The van der Waals surface area contributed by atoms with Crippen LogP contribution in [0.5, 0.6) is 0 Å². The Morgan fingerprint density at radius 3 is 2.25 bits per heavy atom. The standard InChI is InChI=1S/C30H46O6/c1-17-7-12-30(24(34)35)14-13-27(4)18(22(30)29(17,6)36)15-19(32)23-25(2)10-9-21(33)26(3,16-31)20(25)8-11-28(23,27)5/h15,17,20-23,31,33,36H,7-14,16H2,1-6H3,(H,34,35)/t17-,20-,21+,22-,23-,25+,26-,27-,28-,29-,30+/m1/s1. The van der Waals surface area contributed by atoms with Gasteiger partial charge in [-0.2, -0.15) is 0 Å². The van der Waals surface area contributed by atoms with E-state index in [1.54, 1.807) is 13.0 Å². The van der Waals surface area contributed by atoms with Crippen LogP contribution in [0.4, 0.5) is 0 Å². The number of carbonyl (C=O) groups excluding carboxylic acids is 1. The summed E-state index contributed by atoms with van der Waals surface area (Å²) in [5, 5.41) is 43.7. The average molecular weight is 503 g/mol. The Balaban J connectivity index is 1.69. The van der Waals surface area contributed by atoms with Crippen molar-refractivity contribution in [2.45, 2.75) is 105 Å². The lowest BCUT2D eigenvalue weighted by Crippen LogP contribution is -2.69. The van der Waals surface area contributed by atoms with E-state index in [9.17, 15) is 30.0 Å². The Kier molecular flexibility index (Phi) is 5.61. The molecule has 0 spiro atoms. The molecule has 0 radical (unpaired) electrons. The first-order valence-electron chi connectivity index (χ1n) is 14.1. The second-order valence-electron chi connectivity index (χ2n) is 14.6. The lowest BCUT2D eigenvalue weighted by molar-refractivity contribution is -0.222. The van der Waals surface area contributed by atoms with E-state index in [0.717, 1.165) is 24.8 Å². The van der Waals surface area contributed by atoms with Gasteiger partial charge >= 0.3 is 5.97 Å². The van der Waals surface area contributed by atoms with Crippen molar-refractivity contribution >= 4 is 11.8 Å². The topological polar surface area (TPSA) is 115 Å². The summed E-state index contributed by atoms with van der Waals surface area (Å²) in [5.41, 5.74) is -3.20. The van der Waals surface area contributed by atoms with Crippen LogP contribution in [0, 0.1) is 50.7 Å². The molecule has 5 rings (SSSR count). The van der Waals surface area contributed by atoms with Crippen LogP contribution >= 0.6 is 0 Å². The highest BCUT2D eigenvalue weighted by Crippen LogP contribution is 2.75. The van der Waals surface area contributed by atoms with Gasteiger partial charge < -0.3 is 20.4 Å². The van der Waals surface area contributed by atoms with Crippen molar-refractivity contribution in [2.75, 3.05) is 6.61 Å². The minimum Gasteiger partial charge on any atom is -0.481 e. The summed E-state index contributed by atoms with van der Waals surface area (Å²) in [6.45, 7) is 12.3. The minimum atomic E-state index is -1.21. The van der Waals surface area contributed by atoms with Crippen molar-refractivity contribution < 1.29 is 30.0 Å². The van der Waals surface area contributed by atoms with Crippen molar-refractivity contribution in [3.63, 3.8) is 0 Å². The van der Waals surface area contributed by atoms with Crippen LogP contribution in [0.15, 0.2) is 11.6 Å². The molecule has 36 heavy (non-hydrogen) atoms. The van der Waals surface area contributed by atoms with Crippen molar-refractivity contribution in [1.82, 2.24) is 0 Å². The molecule has 6 heteroatoms. The molecule has 202 valence electrons. The normalized spacial score (nSPS) is 56.5. The highest BCUT2D eigenvalue weighted by Gasteiger charge is 2.73. The third-order valence-corrected chi connectivity index (χ3v) is 13.3. The quantitative estimate of drug-likeness (QED) is 0.446. The number of aliphatic hydroxyl groups excluding tert-OH is 2. The molecule has 0 aromatic carbocycles. The third-order valence-electron chi connectivity index (χ3n) is 13.3. The molecular formula is C30H46O6. The van der Waals surface area contributed by atoms with Gasteiger partial charge in [-0.25, -0.2) is 0 Å². The fourth-order valence-corrected chi connectivity index (χ4v) is 10.7. The smallest absolute Gasteiger partial charge is 0.310 e. The minimum absolute atomic E-state index is 0.0267. The van der Waals surface area contributed by atoms with Crippen LogP contribution in [0.1, 0.15) is 92.9 Å². The van der Waals surface area contributed by atoms with Gasteiger partial charge in [-0.15, -0.1) is 0 Å². The predicted octanol–water partition coefficient (Wildman–Crippen LogP) is 4.36. The lowest BCUT2D eigenvalue weighted by atomic mass is 9.33. The SMILES string of the molecule is C[C@@H]1CC[C@]2(C(=O)O)CC[C@]3(C)C(=CC(=O)[C@@H]4[C@@]5(C)CC[C@H](O)[C@](C)(CO)[C@@H]5CC[C@]43C)[C@@H]2[C@]1(C)O. The van der Waals surface area contributed by atoms with Gasteiger partial charge in [0, 0.05) is 17.3 Å². The zero-order valence-electron chi connectivity index (χ0n) is 22.9. The van der Waals surface area contributed by atoms with Crippen LogP contribution in [0.25, 0.3) is 0 Å². The lowest BCUT2D eigenvalue weighted by Gasteiger charge is -2.71. The molecule has 0 heterocycles. The van der Waals surface area contributed by atoms with Gasteiger partial charge in [0.15, 0.2) is 5.78 Å². The molecule has 0 amide bonds. The molecule has 0 aromatic heterocycles. The van der Waals surface area contributed by atoms with E-state index in [0.29, 0.717) is 32.1 Å². The monoisotopic (exact) mass is 502 g/mol. The van der Waals surface area contributed by atoms with E-state index in [4.69, 9.17) is 0 Å². The highest BCUT2D eigenvalue weighted by molar-refractivity contribution is 5.96. The van der Waals surface area contributed by atoms with Gasteiger partial charge in [0.1, 0.15) is 0 Å². The number of allylic oxidation sites excluding steroid dienone is 1. The summed E-state index contributed by atoms with van der Waals surface area (Å²) >= 11 is 0. The summed E-state index contributed by atoms with van der Waals surface area (Å²) in [4.78, 5) is 27.1. The number of ketones is 1. The summed E-state index contributed by atoms with van der Waals surface area (Å²) in [7, 11) is 0. The molecule has 4 N–H and O–H groups in total. The van der Waals surface area contributed by atoms with Crippen molar-refractivity contribution in [2.24, 2.45) is 50.7 Å². The first kappa shape index (κ1) is 26.4. The van der Waals surface area contributed by atoms with Gasteiger partial charge in [0.25, 0.3) is 0 Å². The van der Waals surface area contributed by atoms with Gasteiger partial charge in [0.05, 0.1) is 23.7 Å². The number of aliphatic hydroxyl groups is 3. The molecular weight excluding hydrogens is 456 g/mol. The van der Waals surface area contributed by atoms with Gasteiger partial charge in [0.2, 0.25) is 0 Å². The van der Waals surface area contributed by atoms with Gasteiger partial charge in [-0.05, 0) is 92.4 Å². The van der Waals surface area contributed by atoms with Crippen LogP contribution in [0.3, 0.4) is 0 Å². The molecule has 0 saturated heterocycles. The third kappa shape index (κ3) is 2.85. The molecule has 5 aliphatic carbocycles. The molecule has 0 aromatic rings. The maximum Gasteiger partial charge on any atom is 0.310 e. The maximum absolute atomic E-state index is 14.3. The zero-order valence-corrected chi connectivity index (χ0v) is 22.9. The Labute approximate surface area is 215 Å². The molecule has 5 aliphatic rings. The van der Waals surface area contributed by atoms with Crippen molar-refractivity contribution in [1.29, 1.82) is 0 Å². The number of aliphatic carboxylic acids is 1. The highest BCUT2D eigenvalue weighted by atomic mass is 16.4. The summed E-state index contributed by atoms with van der Waals surface area (Å²) < 4.78 is 0. The second-order valence-corrected chi connectivity index (χ2v) is 14.6. The average Bonchev–Trinajstić information content (AvgIpc) is 2.80. The van der Waals surface area contributed by atoms with Crippen LogP contribution in [-0.2, 0) is 9.59 Å². The van der Waals surface area contributed by atoms with E-state index in [1.165, 1.54) is 0 Å². The van der Waals surface area contributed by atoms with Crippen molar-refractivity contribution in [3.05, 3.63) is 11.6 Å². The Hall–Kier alpha value is -1.24. The fraction of sp³-hybridized carbons (Fsp3) is 0.867. The largest absolute Gasteiger partial charge is 0.481 e. The molecule has 0 bridgehead atoms. The van der Waals surface area contributed by atoms with Crippen LogP contribution < -0.4 is 0 Å². The van der Waals surface area contributed by atoms with E-state index in [1.807, 2.05) is 13.8 Å². The first-order chi connectivity index (χ1) is 16.6. The van der Waals surface area contributed by atoms with Crippen molar-refractivity contribution in [3.8, 4) is 0 Å². The molecule has 11 atom stereocenters. The number of hydrogen-bond acceptors (Lipinski definition) is 5. The Morgan fingerprint density at radius 1 is 0.972 bits per heavy atom. The molecule has 0 aliphatic heterocycles. The number of carbonyl (C=O) groups is 2. The summed E-state index contributed by atoms with van der Waals surface area (Å²) in [6.07, 6.45) is 6.45. The van der Waals surface area contributed by atoms with Gasteiger partial charge in [-0.1, -0.05) is 40.2 Å². The van der Waals surface area contributed by atoms with E-state index >= 15 is 0 Å². The van der Waals surface area contributed by atoms with E-state index in [-0.39, 0.29) is 41.0 Å². The van der Waals surface area contributed by atoms with Crippen LogP contribution in [-0.4, -0.2) is 50.5 Å². The number of carboxylic acid groups (broad SMARTS) is 1. The molecule has 0 unspecified atom stereocenters. The fourth-order valence-electron chi connectivity index (χ4n) is 10.7. The second kappa shape index (κ2) is 7.66. The molecule has 6 nitrogen and oxygen atoms in total. The number of hydrogen-bond donors (Lipinski definition) is 4. The molecule has 4 saturated carbocycles. The van der Waals surface area contributed by atoms with E-state index < -0.39 is 39.8 Å². The number of carboxylic acids is 1. The van der Waals surface area contributed by atoms with Crippen LogP contribution in [0.2, 0.25) is 0 Å². The summed E-state index contributed by atoms with van der Waals surface area (Å²) in [6, 6.07) is 0. The first-order valence-corrected chi connectivity index (χ1v) is 14.1. The molecule has 4 fully saturated rings. The predicted molar refractivity (Wildman–Crippen MR) is 136 cm³/mol. The zero-order chi connectivity index (χ0) is 26.7. The maximum atomic E-state index is 14.3. The summed E-state index contributed by atoms with van der Waals surface area (Å²) in [5.74, 6) is -1.69. The van der Waals surface area contributed by atoms with E-state index in [2.05, 4.69) is 20.8 Å². The number of rotatable bonds is 2.